The molecule has 3 aromatic rings. The summed E-state index contributed by atoms with van der Waals surface area (Å²) in [5, 5.41) is 8.02. The summed E-state index contributed by atoms with van der Waals surface area (Å²) in [4.78, 5) is 9.05. The second kappa shape index (κ2) is 11.7. The topological polar surface area (TPSA) is 54.2 Å². The Labute approximate surface area is 184 Å². The van der Waals surface area contributed by atoms with Crippen molar-refractivity contribution in [2.75, 3.05) is 19.6 Å². The van der Waals surface area contributed by atoms with Crippen molar-refractivity contribution in [1.29, 1.82) is 0 Å². The normalized spacial score (nSPS) is 11.3. The van der Waals surface area contributed by atoms with Crippen LogP contribution < -0.4 is 10.6 Å². The summed E-state index contributed by atoms with van der Waals surface area (Å²) in [6, 6.07) is 14.9. The Morgan fingerprint density at radius 1 is 1.11 bits per heavy atom. The van der Waals surface area contributed by atoms with Crippen LogP contribution in [0.4, 0.5) is 0 Å². The second-order valence-corrected chi connectivity index (χ2v) is 6.67. The van der Waals surface area contributed by atoms with E-state index in [4.69, 9.17) is 4.99 Å². The summed E-state index contributed by atoms with van der Waals surface area (Å²) < 4.78 is 2.30. The molecular weight excluding hydrogens is 461 g/mol. The van der Waals surface area contributed by atoms with Gasteiger partial charge in [0.15, 0.2) is 5.96 Å². The van der Waals surface area contributed by atoms with E-state index in [0.29, 0.717) is 0 Å². The molecule has 0 spiro atoms. The fraction of sp³-hybridized carbons (Fsp3) is 0.364. The molecule has 0 fully saturated rings. The molecule has 0 atom stereocenters. The Kier molecular flexibility index (Phi) is 9.27. The summed E-state index contributed by atoms with van der Waals surface area (Å²) >= 11 is 0. The molecule has 0 saturated carbocycles. The highest BCUT2D eigenvalue weighted by molar-refractivity contribution is 14.0. The molecule has 28 heavy (non-hydrogen) atoms. The lowest BCUT2D eigenvalue weighted by molar-refractivity contribution is 0.666. The lowest BCUT2D eigenvalue weighted by atomic mass is 10.2. The molecule has 0 aliphatic rings. The number of nitrogens with one attached hydrogen (secondary N) is 2. The van der Waals surface area contributed by atoms with Crippen molar-refractivity contribution in [1.82, 2.24) is 20.2 Å². The number of aryl methyl sites for hydroxylation is 2. The lowest BCUT2D eigenvalue weighted by Gasteiger charge is -2.11. The van der Waals surface area contributed by atoms with Gasteiger partial charge in [0.05, 0.1) is 0 Å². The van der Waals surface area contributed by atoms with E-state index in [1.54, 1.807) is 0 Å². The fourth-order valence-corrected chi connectivity index (χ4v) is 3.08. The first-order valence-corrected chi connectivity index (χ1v) is 9.74. The molecule has 0 radical (unpaired) electrons. The minimum atomic E-state index is 0. The molecule has 2 aromatic heterocycles. The highest BCUT2D eigenvalue weighted by atomic mass is 127. The van der Waals surface area contributed by atoms with Gasteiger partial charge in [0.2, 0.25) is 0 Å². The minimum absolute atomic E-state index is 0. The van der Waals surface area contributed by atoms with Crippen LogP contribution in [-0.4, -0.2) is 35.1 Å². The van der Waals surface area contributed by atoms with E-state index in [0.717, 1.165) is 50.7 Å². The second-order valence-electron chi connectivity index (χ2n) is 6.67. The van der Waals surface area contributed by atoms with E-state index in [-0.39, 0.29) is 24.0 Å². The van der Waals surface area contributed by atoms with Gasteiger partial charge in [-0.05, 0) is 55.8 Å². The Balaban J connectivity index is 0.00000280. The van der Waals surface area contributed by atoms with Crippen molar-refractivity contribution in [3.05, 3.63) is 66.1 Å². The first-order valence-electron chi connectivity index (χ1n) is 9.74. The number of aromatic nitrogens is 2. The minimum Gasteiger partial charge on any atom is -0.357 e. The molecular formula is C22H30IN5. The summed E-state index contributed by atoms with van der Waals surface area (Å²) in [6.45, 7) is 7.58. The highest BCUT2D eigenvalue weighted by Gasteiger charge is 2.01. The molecule has 1 aromatic carbocycles. The van der Waals surface area contributed by atoms with Crippen LogP contribution >= 0.6 is 24.0 Å². The molecule has 0 unspecified atom stereocenters. The third kappa shape index (κ3) is 6.51. The predicted octanol–water partition coefficient (Wildman–Crippen LogP) is 4.15. The summed E-state index contributed by atoms with van der Waals surface area (Å²) in [7, 11) is 0. The SMILES string of the molecule is CCNC(=NCCCn1ccc2ccccc21)NCCc1ccc(C)nc1.I. The van der Waals surface area contributed by atoms with Crippen LogP contribution in [0.15, 0.2) is 59.9 Å². The van der Waals surface area contributed by atoms with E-state index in [1.807, 2.05) is 13.1 Å². The number of hydrogen-bond donors (Lipinski definition) is 2. The molecule has 2 heterocycles. The van der Waals surface area contributed by atoms with Crippen molar-refractivity contribution in [3.8, 4) is 0 Å². The van der Waals surface area contributed by atoms with Crippen LogP contribution in [0.5, 0.6) is 0 Å². The summed E-state index contributed by atoms with van der Waals surface area (Å²) in [5.74, 6) is 0.884. The predicted molar refractivity (Wildman–Crippen MR) is 129 cm³/mol. The Hall–Kier alpha value is -2.09. The van der Waals surface area contributed by atoms with Gasteiger partial charge in [-0.3, -0.25) is 9.98 Å². The fourth-order valence-electron chi connectivity index (χ4n) is 3.08. The smallest absolute Gasteiger partial charge is 0.191 e. The number of pyridine rings is 1. The number of guanidine groups is 1. The third-order valence-electron chi connectivity index (χ3n) is 4.53. The largest absolute Gasteiger partial charge is 0.357 e. The number of aliphatic imine (C=N–C) groups is 1. The number of halogens is 1. The molecule has 5 nitrogen and oxygen atoms in total. The van der Waals surface area contributed by atoms with Crippen LogP contribution in [0.25, 0.3) is 10.9 Å². The van der Waals surface area contributed by atoms with Gasteiger partial charge in [0.25, 0.3) is 0 Å². The highest BCUT2D eigenvalue weighted by Crippen LogP contribution is 2.15. The van der Waals surface area contributed by atoms with Crippen molar-refractivity contribution < 1.29 is 0 Å². The van der Waals surface area contributed by atoms with E-state index < -0.39 is 0 Å². The maximum absolute atomic E-state index is 4.70. The van der Waals surface area contributed by atoms with Gasteiger partial charge < -0.3 is 15.2 Å². The first-order chi connectivity index (χ1) is 13.3. The molecule has 0 saturated heterocycles. The first kappa shape index (κ1) is 22.2. The summed E-state index contributed by atoms with van der Waals surface area (Å²) in [5.41, 5.74) is 3.58. The Bertz CT molecular complexity index is 870. The van der Waals surface area contributed by atoms with Gasteiger partial charge in [-0.2, -0.15) is 0 Å². The average Bonchev–Trinajstić information content (AvgIpc) is 3.10. The lowest BCUT2D eigenvalue weighted by Crippen LogP contribution is -2.38. The standard InChI is InChI=1S/C22H29N5.HI/c1-3-23-22(25-14-11-19-10-9-18(2)26-17-19)24-13-6-15-27-16-12-20-7-4-5-8-21(20)27;/h4-5,7-10,12,16-17H,3,6,11,13-15H2,1-2H3,(H2,23,24,25);1H. The van der Waals surface area contributed by atoms with Gasteiger partial charge in [-0.15, -0.1) is 24.0 Å². The molecule has 0 aliphatic carbocycles. The van der Waals surface area contributed by atoms with Gasteiger partial charge in [0, 0.05) is 49.8 Å². The average molecular weight is 491 g/mol. The zero-order chi connectivity index (χ0) is 18.9. The quantitative estimate of drug-likeness (QED) is 0.216. The number of nitrogens with zero attached hydrogens (tertiary/aromatic N) is 3. The molecule has 2 N–H and O–H groups in total. The van der Waals surface area contributed by atoms with Crippen molar-refractivity contribution in [2.45, 2.75) is 33.2 Å². The van der Waals surface area contributed by atoms with Gasteiger partial charge in [-0.1, -0.05) is 24.3 Å². The zero-order valence-corrected chi connectivity index (χ0v) is 19.0. The molecule has 150 valence electrons. The van der Waals surface area contributed by atoms with Crippen molar-refractivity contribution >= 4 is 40.8 Å². The Morgan fingerprint density at radius 3 is 2.75 bits per heavy atom. The number of para-hydroxylation sites is 1. The van der Waals surface area contributed by atoms with Crippen LogP contribution in [0, 0.1) is 6.92 Å². The van der Waals surface area contributed by atoms with Gasteiger partial charge >= 0.3 is 0 Å². The van der Waals surface area contributed by atoms with Gasteiger partial charge in [0.1, 0.15) is 0 Å². The molecule has 6 heteroatoms. The number of benzene rings is 1. The van der Waals surface area contributed by atoms with Crippen molar-refractivity contribution in [3.63, 3.8) is 0 Å². The molecule has 0 aliphatic heterocycles. The van der Waals surface area contributed by atoms with E-state index in [9.17, 15) is 0 Å². The maximum Gasteiger partial charge on any atom is 0.191 e. The van der Waals surface area contributed by atoms with Gasteiger partial charge in [-0.25, -0.2) is 0 Å². The summed E-state index contributed by atoms with van der Waals surface area (Å²) in [6.07, 6.45) is 6.06. The Morgan fingerprint density at radius 2 is 1.96 bits per heavy atom. The molecule has 3 rings (SSSR count). The van der Waals surface area contributed by atoms with Crippen LogP contribution in [-0.2, 0) is 13.0 Å². The number of hydrogen-bond acceptors (Lipinski definition) is 2. The molecule has 0 amide bonds. The van der Waals surface area contributed by atoms with E-state index in [1.165, 1.54) is 16.5 Å². The van der Waals surface area contributed by atoms with E-state index >= 15 is 0 Å². The number of rotatable bonds is 8. The maximum atomic E-state index is 4.70. The molecule has 0 bridgehead atoms. The van der Waals surface area contributed by atoms with Crippen molar-refractivity contribution in [2.24, 2.45) is 4.99 Å². The van der Waals surface area contributed by atoms with Crippen LogP contribution in [0.1, 0.15) is 24.6 Å². The zero-order valence-electron chi connectivity index (χ0n) is 16.7. The van der Waals surface area contributed by atoms with E-state index in [2.05, 4.69) is 75.8 Å². The monoisotopic (exact) mass is 491 g/mol. The third-order valence-corrected chi connectivity index (χ3v) is 4.53. The van der Waals surface area contributed by atoms with Crippen LogP contribution in [0.2, 0.25) is 0 Å². The van der Waals surface area contributed by atoms with Crippen LogP contribution in [0.3, 0.4) is 0 Å². The number of fused-ring (bicyclic) bond motifs is 1.